The van der Waals surface area contributed by atoms with Crippen molar-refractivity contribution in [1.82, 2.24) is 0 Å². The van der Waals surface area contributed by atoms with E-state index in [0.717, 1.165) is 0 Å². The van der Waals surface area contributed by atoms with E-state index < -0.39 is 17.7 Å². The van der Waals surface area contributed by atoms with Gasteiger partial charge in [0.15, 0.2) is 5.78 Å². The number of rotatable bonds is 7. The van der Waals surface area contributed by atoms with E-state index in [1.807, 2.05) is 0 Å². The van der Waals surface area contributed by atoms with Crippen molar-refractivity contribution in [1.29, 1.82) is 0 Å². The molecule has 0 saturated carbocycles. The molecule has 0 aliphatic rings. The summed E-state index contributed by atoms with van der Waals surface area (Å²) in [6, 6.07) is 4.25. The maximum absolute atomic E-state index is 12.6. The molecule has 0 fully saturated rings. The van der Waals surface area contributed by atoms with Crippen LogP contribution in [0.25, 0.3) is 0 Å². The normalized spacial score (nSPS) is 12.0. The van der Waals surface area contributed by atoms with Crippen LogP contribution in [0.2, 0.25) is 20.1 Å². The van der Waals surface area contributed by atoms with Gasteiger partial charge in [-0.1, -0.05) is 46.4 Å². The Kier molecular flexibility index (Phi) is 8.10. The molecule has 2 aromatic carbocycles. The molecule has 1 amide bonds. The zero-order chi connectivity index (χ0) is 21.7. The molecule has 0 radical (unpaired) electrons. The number of ketones is 1. The molecular weight excluding hydrogens is 464 g/mol. The van der Waals surface area contributed by atoms with Gasteiger partial charge in [-0.2, -0.15) is 10.2 Å². The number of hydrogen-bond acceptors (Lipinski definition) is 6. The highest BCUT2D eigenvalue weighted by molar-refractivity contribution is 6.43. The van der Waals surface area contributed by atoms with E-state index in [2.05, 4.69) is 15.5 Å². The Morgan fingerprint density at radius 2 is 1.52 bits per heavy atom. The first-order valence-corrected chi connectivity index (χ1v) is 9.47. The molecule has 29 heavy (non-hydrogen) atoms. The monoisotopic (exact) mass is 477 g/mol. The lowest BCUT2D eigenvalue weighted by Crippen LogP contribution is -2.32. The number of halogens is 4. The molecule has 11 heteroatoms. The summed E-state index contributed by atoms with van der Waals surface area (Å²) in [5, 5.41) is 11.1. The summed E-state index contributed by atoms with van der Waals surface area (Å²) < 4.78 is 10.3. The minimum atomic E-state index is -1.44. The van der Waals surface area contributed by atoms with E-state index >= 15 is 0 Å². The summed E-state index contributed by atoms with van der Waals surface area (Å²) in [5.41, 5.74) is 0.402. The summed E-state index contributed by atoms with van der Waals surface area (Å²) in [6.45, 7) is 1.21. The summed E-state index contributed by atoms with van der Waals surface area (Å²) in [7, 11) is 2.83. The molecule has 7 nitrogen and oxygen atoms in total. The third kappa shape index (κ3) is 5.73. The van der Waals surface area contributed by atoms with Crippen LogP contribution in [0.1, 0.15) is 6.92 Å². The number of nitrogens with zero attached hydrogens (tertiary/aromatic N) is 2. The molecule has 1 unspecified atom stereocenters. The Labute approximate surface area is 186 Å². The number of nitrogens with one attached hydrogen (secondary N) is 1. The van der Waals surface area contributed by atoms with Crippen LogP contribution in [0.3, 0.4) is 0 Å². The molecule has 2 rings (SSSR count). The number of amides is 1. The predicted octanol–water partition coefficient (Wildman–Crippen LogP) is 6.00. The molecule has 1 N–H and O–H groups in total. The van der Waals surface area contributed by atoms with Gasteiger partial charge in [0.2, 0.25) is 6.04 Å². The number of hydrogen-bond donors (Lipinski definition) is 1. The highest BCUT2D eigenvalue weighted by Gasteiger charge is 2.25. The van der Waals surface area contributed by atoms with Gasteiger partial charge < -0.3 is 14.8 Å². The fraction of sp³-hybridized carbons (Fsp3) is 0.222. The van der Waals surface area contributed by atoms with Crippen molar-refractivity contribution in [2.75, 3.05) is 19.5 Å². The lowest BCUT2D eigenvalue weighted by atomic mass is 10.2. The highest BCUT2D eigenvalue weighted by atomic mass is 35.5. The van der Waals surface area contributed by atoms with Crippen molar-refractivity contribution in [3.8, 4) is 11.5 Å². The van der Waals surface area contributed by atoms with Gasteiger partial charge in [0.05, 0.1) is 40.0 Å². The van der Waals surface area contributed by atoms with Gasteiger partial charge in [-0.05, 0) is 19.1 Å². The minimum absolute atomic E-state index is 0.158. The molecule has 0 saturated heterocycles. The number of anilines is 1. The Balaban J connectivity index is 2.31. The molecule has 2 aromatic rings. The minimum Gasteiger partial charge on any atom is -0.495 e. The molecule has 0 aliphatic carbocycles. The van der Waals surface area contributed by atoms with Crippen LogP contribution in [0.5, 0.6) is 11.5 Å². The fourth-order valence-corrected chi connectivity index (χ4v) is 3.00. The first kappa shape index (κ1) is 23.2. The molecule has 0 heterocycles. The summed E-state index contributed by atoms with van der Waals surface area (Å²) in [5.74, 6) is -0.690. The third-order valence-electron chi connectivity index (χ3n) is 3.64. The number of carbonyl (C=O) groups is 2. The van der Waals surface area contributed by atoms with Crippen LogP contribution in [-0.2, 0) is 9.59 Å². The molecule has 1 atom stereocenters. The van der Waals surface area contributed by atoms with E-state index in [1.54, 1.807) is 0 Å². The number of methoxy groups -OCH3 is 2. The second-order valence-electron chi connectivity index (χ2n) is 5.62. The number of ether oxygens (including phenoxy) is 2. The van der Waals surface area contributed by atoms with Gasteiger partial charge in [0.1, 0.15) is 17.2 Å². The number of Topliss-reactive ketones (excluding diaryl/α,β-unsaturated/α-hetero) is 1. The Morgan fingerprint density at radius 3 is 2.10 bits per heavy atom. The van der Waals surface area contributed by atoms with E-state index in [0.29, 0.717) is 10.8 Å². The first-order chi connectivity index (χ1) is 13.7. The van der Waals surface area contributed by atoms with Crippen LogP contribution in [0.4, 0.5) is 11.4 Å². The topological polar surface area (TPSA) is 89.4 Å². The maximum Gasteiger partial charge on any atom is 0.258 e. The smallest absolute Gasteiger partial charge is 0.258 e. The molecule has 0 aromatic heterocycles. The van der Waals surface area contributed by atoms with Crippen LogP contribution < -0.4 is 14.8 Å². The van der Waals surface area contributed by atoms with Crippen molar-refractivity contribution >= 4 is 69.5 Å². The lowest BCUT2D eigenvalue weighted by molar-refractivity contribution is -0.126. The highest BCUT2D eigenvalue weighted by Crippen LogP contribution is 2.36. The van der Waals surface area contributed by atoms with Crippen LogP contribution in [0, 0.1) is 0 Å². The first-order valence-electron chi connectivity index (χ1n) is 7.96. The van der Waals surface area contributed by atoms with Crippen molar-refractivity contribution in [2.45, 2.75) is 13.0 Å². The van der Waals surface area contributed by atoms with Crippen molar-refractivity contribution in [2.24, 2.45) is 10.2 Å². The number of carbonyl (C=O) groups excluding carboxylic acids is 2. The maximum atomic E-state index is 12.6. The summed E-state index contributed by atoms with van der Waals surface area (Å²) in [4.78, 5) is 24.6. The third-order valence-corrected chi connectivity index (χ3v) is 4.96. The molecule has 0 aliphatic heterocycles. The van der Waals surface area contributed by atoms with Crippen LogP contribution in [-0.4, -0.2) is 32.0 Å². The van der Waals surface area contributed by atoms with Gasteiger partial charge in [-0.25, -0.2) is 0 Å². The second-order valence-corrected chi connectivity index (χ2v) is 7.25. The second kappa shape index (κ2) is 10.1. The number of benzene rings is 2. The summed E-state index contributed by atoms with van der Waals surface area (Å²) in [6.07, 6.45) is 0. The predicted molar refractivity (Wildman–Crippen MR) is 114 cm³/mol. The Morgan fingerprint density at radius 1 is 0.897 bits per heavy atom. The van der Waals surface area contributed by atoms with Crippen molar-refractivity contribution in [3.05, 3.63) is 44.4 Å². The van der Waals surface area contributed by atoms with E-state index in [9.17, 15) is 9.59 Å². The van der Waals surface area contributed by atoms with Gasteiger partial charge in [-0.3, -0.25) is 9.59 Å². The summed E-state index contributed by atoms with van der Waals surface area (Å²) >= 11 is 23.9. The molecule has 0 bridgehead atoms. The standard InChI is InChI=1S/C18H15Cl4N3O4/c1-8(26)17(25-24-13-5-10(20)9(19)4-11(13)21)18(27)23-14-7-15(28-2)12(22)6-16(14)29-3/h4-7,17H,1-3H3,(H,23,27). The molecular formula is C18H15Cl4N3O4. The van der Waals surface area contributed by atoms with Crippen LogP contribution >= 0.6 is 46.4 Å². The Hall–Kier alpha value is -2.06. The average molecular weight is 479 g/mol. The van der Waals surface area contributed by atoms with Crippen LogP contribution in [0.15, 0.2) is 34.5 Å². The van der Waals surface area contributed by atoms with Crippen molar-refractivity contribution < 1.29 is 19.1 Å². The quantitative estimate of drug-likeness (QED) is 0.300. The SMILES string of the molecule is COc1cc(NC(=O)C(N=Nc2cc(Cl)c(Cl)cc2Cl)C(C)=O)c(OC)cc1Cl. The molecule has 0 spiro atoms. The zero-order valence-electron chi connectivity index (χ0n) is 15.4. The van der Waals surface area contributed by atoms with Crippen molar-refractivity contribution in [3.63, 3.8) is 0 Å². The van der Waals surface area contributed by atoms with Gasteiger partial charge >= 0.3 is 0 Å². The largest absolute Gasteiger partial charge is 0.495 e. The van der Waals surface area contributed by atoms with Gasteiger partial charge in [-0.15, -0.1) is 0 Å². The Bertz CT molecular complexity index is 982. The van der Waals surface area contributed by atoms with Gasteiger partial charge in [0, 0.05) is 12.1 Å². The van der Waals surface area contributed by atoms with E-state index in [1.165, 1.54) is 45.4 Å². The fourth-order valence-electron chi connectivity index (χ4n) is 2.19. The van der Waals surface area contributed by atoms with Gasteiger partial charge in [0.25, 0.3) is 5.91 Å². The van der Waals surface area contributed by atoms with E-state index in [4.69, 9.17) is 55.9 Å². The molecule has 154 valence electrons. The zero-order valence-corrected chi connectivity index (χ0v) is 18.4. The average Bonchev–Trinajstić information content (AvgIpc) is 2.66. The number of azo groups is 1. The van der Waals surface area contributed by atoms with E-state index in [-0.39, 0.29) is 32.2 Å². The lowest BCUT2D eigenvalue weighted by Gasteiger charge is -2.14.